The first-order chi connectivity index (χ1) is 9.08. The highest BCUT2D eigenvalue weighted by molar-refractivity contribution is 6.08. The lowest BCUT2D eigenvalue weighted by molar-refractivity contribution is -0.138. The van der Waals surface area contributed by atoms with Gasteiger partial charge in [-0.2, -0.15) is 0 Å². The van der Waals surface area contributed by atoms with Gasteiger partial charge in [-0.3, -0.25) is 9.59 Å². The first-order valence-corrected chi connectivity index (χ1v) is 6.40. The van der Waals surface area contributed by atoms with Gasteiger partial charge in [-0.1, -0.05) is 37.6 Å². The summed E-state index contributed by atoms with van der Waals surface area (Å²) in [7, 11) is 0. The van der Waals surface area contributed by atoms with Gasteiger partial charge in [0.05, 0.1) is 6.42 Å². The SMILES string of the molecule is CCC/C=C/C(=O)C[C@]1(O)C(=O)Nc2ccccc21. The van der Waals surface area contributed by atoms with E-state index >= 15 is 0 Å². The molecule has 19 heavy (non-hydrogen) atoms. The minimum absolute atomic E-state index is 0.226. The van der Waals surface area contributed by atoms with Gasteiger partial charge in [0.1, 0.15) is 0 Å². The molecule has 0 saturated carbocycles. The summed E-state index contributed by atoms with van der Waals surface area (Å²) in [6.07, 6.45) is 4.75. The molecule has 1 aromatic rings. The molecule has 4 nitrogen and oxygen atoms in total. The zero-order chi connectivity index (χ0) is 13.9. The van der Waals surface area contributed by atoms with E-state index in [0.717, 1.165) is 12.8 Å². The number of fused-ring (bicyclic) bond motifs is 1. The van der Waals surface area contributed by atoms with Crippen molar-refractivity contribution in [2.75, 3.05) is 5.32 Å². The Morgan fingerprint density at radius 1 is 1.42 bits per heavy atom. The third kappa shape index (κ3) is 2.58. The van der Waals surface area contributed by atoms with Crippen LogP contribution in [0.3, 0.4) is 0 Å². The number of benzene rings is 1. The monoisotopic (exact) mass is 259 g/mol. The Hall–Kier alpha value is -1.94. The summed E-state index contributed by atoms with van der Waals surface area (Å²) >= 11 is 0. The number of anilines is 1. The number of aliphatic hydroxyl groups is 1. The van der Waals surface area contributed by atoms with Crippen LogP contribution in [0.4, 0.5) is 5.69 Å². The zero-order valence-corrected chi connectivity index (χ0v) is 10.8. The van der Waals surface area contributed by atoms with Crippen molar-refractivity contribution in [3.8, 4) is 0 Å². The fourth-order valence-electron chi connectivity index (χ4n) is 2.17. The van der Waals surface area contributed by atoms with Crippen LogP contribution in [0.2, 0.25) is 0 Å². The Balaban J connectivity index is 2.19. The maximum Gasteiger partial charge on any atom is 0.261 e. The van der Waals surface area contributed by atoms with Crippen LogP contribution in [0, 0.1) is 0 Å². The number of amides is 1. The average Bonchev–Trinajstić information content (AvgIpc) is 2.62. The number of unbranched alkanes of at least 4 members (excludes halogenated alkanes) is 1. The fourth-order valence-corrected chi connectivity index (χ4v) is 2.17. The van der Waals surface area contributed by atoms with Crippen LogP contribution >= 0.6 is 0 Å². The Morgan fingerprint density at radius 3 is 2.89 bits per heavy atom. The number of para-hydroxylation sites is 1. The molecule has 2 rings (SSSR count). The summed E-state index contributed by atoms with van der Waals surface area (Å²) in [5.41, 5.74) is -0.706. The predicted octanol–water partition coefficient (Wildman–Crippen LogP) is 2.14. The van der Waals surface area contributed by atoms with Gasteiger partial charge in [0, 0.05) is 11.3 Å². The minimum Gasteiger partial charge on any atom is -0.375 e. The Labute approximate surface area is 112 Å². The second-order valence-corrected chi connectivity index (χ2v) is 4.69. The van der Waals surface area contributed by atoms with Crippen LogP contribution in [0.25, 0.3) is 0 Å². The van der Waals surface area contributed by atoms with Crippen molar-refractivity contribution in [2.24, 2.45) is 0 Å². The van der Waals surface area contributed by atoms with Gasteiger partial charge in [0.2, 0.25) is 0 Å². The summed E-state index contributed by atoms with van der Waals surface area (Å²) in [4.78, 5) is 23.7. The largest absolute Gasteiger partial charge is 0.375 e. The van der Waals surface area contributed by atoms with Crippen molar-refractivity contribution in [3.63, 3.8) is 0 Å². The maximum atomic E-state index is 11.9. The molecule has 0 bridgehead atoms. The molecule has 1 aliphatic heterocycles. The summed E-state index contributed by atoms with van der Waals surface area (Å²) in [5, 5.41) is 13.1. The van der Waals surface area contributed by atoms with E-state index in [1.54, 1.807) is 30.3 Å². The van der Waals surface area contributed by atoms with E-state index in [9.17, 15) is 14.7 Å². The van der Waals surface area contributed by atoms with E-state index in [1.807, 2.05) is 6.92 Å². The van der Waals surface area contributed by atoms with Crippen LogP contribution in [0.15, 0.2) is 36.4 Å². The Morgan fingerprint density at radius 2 is 2.16 bits per heavy atom. The number of carbonyl (C=O) groups is 2. The molecular weight excluding hydrogens is 242 g/mol. The highest BCUT2D eigenvalue weighted by Crippen LogP contribution is 2.38. The predicted molar refractivity (Wildman–Crippen MR) is 72.6 cm³/mol. The molecule has 0 unspecified atom stereocenters. The number of hydrogen-bond acceptors (Lipinski definition) is 3. The highest BCUT2D eigenvalue weighted by Gasteiger charge is 2.45. The smallest absolute Gasteiger partial charge is 0.261 e. The number of rotatable bonds is 5. The molecule has 0 saturated heterocycles. The highest BCUT2D eigenvalue weighted by atomic mass is 16.3. The van der Waals surface area contributed by atoms with Crippen LogP contribution in [-0.4, -0.2) is 16.8 Å². The molecule has 1 heterocycles. The van der Waals surface area contributed by atoms with E-state index in [-0.39, 0.29) is 12.2 Å². The second kappa shape index (κ2) is 5.36. The number of hydrogen-bond donors (Lipinski definition) is 2. The van der Waals surface area contributed by atoms with Crippen LogP contribution in [-0.2, 0) is 15.2 Å². The van der Waals surface area contributed by atoms with Crippen molar-refractivity contribution in [1.29, 1.82) is 0 Å². The third-order valence-corrected chi connectivity index (χ3v) is 3.19. The lowest BCUT2D eigenvalue weighted by Gasteiger charge is -2.18. The third-order valence-electron chi connectivity index (χ3n) is 3.19. The molecule has 1 aromatic carbocycles. The quantitative estimate of drug-likeness (QED) is 0.796. The number of allylic oxidation sites excluding steroid dienone is 2. The summed E-state index contributed by atoms with van der Waals surface area (Å²) in [6, 6.07) is 6.88. The zero-order valence-electron chi connectivity index (χ0n) is 10.8. The van der Waals surface area contributed by atoms with E-state index in [1.165, 1.54) is 6.08 Å². The molecule has 100 valence electrons. The first-order valence-electron chi connectivity index (χ1n) is 6.40. The Kier molecular flexibility index (Phi) is 3.81. The molecule has 4 heteroatoms. The van der Waals surface area contributed by atoms with E-state index < -0.39 is 11.5 Å². The fraction of sp³-hybridized carbons (Fsp3) is 0.333. The lowest BCUT2D eigenvalue weighted by atomic mass is 9.90. The molecule has 1 atom stereocenters. The average molecular weight is 259 g/mol. The van der Waals surface area contributed by atoms with E-state index in [4.69, 9.17) is 0 Å². The lowest BCUT2D eigenvalue weighted by Crippen LogP contribution is -2.36. The van der Waals surface area contributed by atoms with Crippen LogP contribution < -0.4 is 5.32 Å². The van der Waals surface area contributed by atoms with Gasteiger partial charge in [-0.05, 0) is 18.6 Å². The topological polar surface area (TPSA) is 66.4 Å². The standard InChI is InChI=1S/C15H17NO3/c1-2-3-4-7-11(17)10-15(19)12-8-5-6-9-13(12)16-14(15)18/h4-9,19H,2-3,10H2,1H3,(H,16,18)/b7-4+/t15-/m1/s1. The maximum absolute atomic E-state index is 11.9. The van der Waals surface area contributed by atoms with Gasteiger partial charge in [0.25, 0.3) is 5.91 Å². The molecule has 1 aliphatic rings. The van der Waals surface area contributed by atoms with Gasteiger partial charge in [-0.25, -0.2) is 0 Å². The van der Waals surface area contributed by atoms with Crippen molar-refractivity contribution in [1.82, 2.24) is 0 Å². The summed E-state index contributed by atoms with van der Waals surface area (Å²) in [5.74, 6) is -0.784. The molecule has 0 aromatic heterocycles. The van der Waals surface area contributed by atoms with Crippen molar-refractivity contribution < 1.29 is 14.7 Å². The minimum atomic E-state index is -1.75. The van der Waals surface area contributed by atoms with Gasteiger partial charge >= 0.3 is 0 Å². The summed E-state index contributed by atoms with van der Waals surface area (Å²) in [6.45, 7) is 2.02. The molecule has 0 aliphatic carbocycles. The number of nitrogens with one attached hydrogen (secondary N) is 1. The molecule has 0 spiro atoms. The molecular formula is C15H17NO3. The van der Waals surface area contributed by atoms with E-state index in [2.05, 4.69) is 5.32 Å². The second-order valence-electron chi connectivity index (χ2n) is 4.69. The molecule has 1 amide bonds. The van der Waals surface area contributed by atoms with Gasteiger partial charge in [-0.15, -0.1) is 0 Å². The molecule has 0 radical (unpaired) electrons. The van der Waals surface area contributed by atoms with Gasteiger partial charge in [0.15, 0.2) is 11.4 Å². The summed E-state index contributed by atoms with van der Waals surface area (Å²) < 4.78 is 0. The number of ketones is 1. The normalized spacial score (nSPS) is 21.5. The molecule has 0 fully saturated rings. The first kappa shape index (κ1) is 13.5. The number of carbonyl (C=O) groups excluding carboxylic acids is 2. The molecule has 2 N–H and O–H groups in total. The van der Waals surface area contributed by atoms with Crippen molar-refractivity contribution in [2.45, 2.75) is 31.8 Å². The van der Waals surface area contributed by atoms with Crippen LogP contribution in [0.1, 0.15) is 31.7 Å². The van der Waals surface area contributed by atoms with E-state index in [0.29, 0.717) is 11.3 Å². The van der Waals surface area contributed by atoms with Gasteiger partial charge < -0.3 is 10.4 Å². The Bertz CT molecular complexity index is 536. The van der Waals surface area contributed by atoms with Crippen molar-refractivity contribution >= 4 is 17.4 Å². The van der Waals surface area contributed by atoms with Crippen LogP contribution in [0.5, 0.6) is 0 Å². The van der Waals surface area contributed by atoms with Crippen molar-refractivity contribution in [3.05, 3.63) is 42.0 Å².